The SMILES string of the molecule is CC(C)(C)P(=Nc1cccc(C(F)(F)F)c1)(c1ccncc1)N1CCCC1.Cl. The van der Waals surface area contributed by atoms with Crippen LogP contribution in [-0.4, -0.2) is 27.9 Å². The van der Waals surface area contributed by atoms with E-state index in [1.165, 1.54) is 6.07 Å². The Morgan fingerprint density at radius 3 is 2.14 bits per heavy atom. The van der Waals surface area contributed by atoms with Gasteiger partial charge in [0.2, 0.25) is 0 Å². The van der Waals surface area contributed by atoms with E-state index in [0.29, 0.717) is 5.69 Å². The first-order valence-electron chi connectivity index (χ1n) is 9.10. The number of alkyl halides is 3. The first kappa shape index (κ1) is 22.9. The van der Waals surface area contributed by atoms with Crippen molar-refractivity contribution in [2.24, 2.45) is 4.74 Å². The van der Waals surface area contributed by atoms with E-state index in [4.69, 9.17) is 4.74 Å². The van der Waals surface area contributed by atoms with Crippen molar-refractivity contribution in [1.29, 1.82) is 0 Å². The molecule has 0 bridgehead atoms. The summed E-state index contributed by atoms with van der Waals surface area (Å²) >= 11 is 0. The minimum Gasteiger partial charge on any atom is -0.265 e. The molecule has 1 aliphatic heterocycles. The highest BCUT2D eigenvalue weighted by Gasteiger charge is 2.42. The highest BCUT2D eigenvalue weighted by atomic mass is 35.5. The Morgan fingerprint density at radius 1 is 1.00 bits per heavy atom. The second-order valence-electron chi connectivity index (χ2n) is 7.79. The molecule has 2 aromatic rings. The molecule has 1 aliphatic rings. The van der Waals surface area contributed by atoms with Gasteiger partial charge in [-0.15, -0.1) is 12.4 Å². The molecular weight excluding hydrogens is 406 g/mol. The zero-order valence-electron chi connectivity index (χ0n) is 16.3. The van der Waals surface area contributed by atoms with E-state index in [1.807, 2.05) is 12.1 Å². The predicted octanol–water partition coefficient (Wildman–Crippen LogP) is 6.49. The average Bonchev–Trinajstić information content (AvgIpc) is 3.13. The van der Waals surface area contributed by atoms with Crippen molar-refractivity contribution in [2.45, 2.75) is 44.9 Å². The molecule has 154 valence electrons. The van der Waals surface area contributed by atoms with E-state index < -0.39 is 18.9 Å². The number of hydrogen-bond donors (Lipinski definition) is 0. The van der Waals surface area contributed by atoms with Gasteiger partial charge in [-0.1, -0.05) is 26.8 Å². The van der Waals surface area contributed by atoms with Gasteiger partial charge >= 0.3 is 6.18 Å². The third kappa shape index (κ3) is 4.45. The third-order valence-electron chi connectivity index (χ3n) is 4.88. The molecule has 1 unspecified atom stereocenters. The lowest BCUT2D eigenvalue weighted by Crippen LogP contribution is -2.35. The van der Waals surface area contributed by atoms with Gasteiger partial charge in [-0.2, -0.15) is 13.2 Å². The summed E-state index contributed by atoms with van der Waals surface area (Å²) in [6, 6.07) is 9.31. The van der Waals surface area contributed by atoms with Crippen LogP contribution in [0.3, 0.4) is 0 Å². The van der Waals surface area contributed by atoms with Gasteiger partial charge in [-0.25, -0.2) is 4.74 Å². The first-order valence-corrected chi connectivity index (χ1v) is 10.8. The summed E-state index contributed by atoms with van der Waals surface area (Å²) in [5.74, 6) is 0. The van der Waals surface area contributed by atoms with Crippen molar-refractivity contribution in [2.75, 3.05) is 13.1 Å². The van der Waals surface area contributed by atoms with E-state index >= 15 is 0 Å². The summed E-state index contributed by atoms with van der Waals surface area (Å²) in [6.45, 7) is 8.23. The van der Waals surface area contributed by atoms with Gasteiger partial charge in [-0.05, 0) is 43.2 Å². The van der Waals surface area contributed by atoms with Crippen LogP contribution in [0, 0.1) is 0 Å². The Balaban J connectivity index is 0.00000280. The number of nitrogens with zero attached hydrogens (tertiary/aromatic N) is 3. The fraction of sp³-hybridized carbons (Fsp3) is 0.450. The van der Waals surface area contributed by atoms with Crippen LogP contribution < -0.4 is 5.30 Å². The largest absolute Gasteiger partial charge is 0.416 e. The summed E-state index contributed by atoms with van der Waals surface area (Å²) in [4.78, 5) is 4.13. The van der Waals surface area contributed by atoms with E-state index in [2.05, 4.69) is 30.4 Å². The van der Waals surface area contributed by atoms with Gasteiger partial charge < -0.3 is 0 Å². The Bertz CT molecular complexity index is 842. The average molecular weight is 432 g/mol. The molecule has 0 radical (unpaired) electrons. The predicted molar refractivity (Wildman–Crippen MR) is 112 cm³/mol. The lowest BCUT2D eigenvalue weighted by molar-refractivity contribution is -0.137. The Morgan fingerprint density at radius 2 is 1.61 bits per heavy atom. The number of benzene rings is 1. The van der Waals surface area contributed by atoms with Crippen LogP contribution in [0.25, 0.3) is 0 Å². The molecule has 1 aromatic carbocycles. The molecule has 1 fully saturated rings. The van der Waals surface area contributed by atoms with Crippen LogP contribution in [0.5, 0.6) is 0 Å². The molecular formula is C20H26ClF3N3P. The van der Waals surface area contributed by atoms with Crippen molar-refractivity contribution >= 4 is 30.6 Å². The van der Waals surface area contributed by atoms with Crippen LogP contribution in [0.1, 0.15) is 39.2 Å². The van der Waals surface area contributed by atoms with Crippen molar-refractivity contribution < 1.29 is 13.2 Å². The van der Waals surface area contributed by atoms with Crippen molar-refractivity contribution in [1.82, 2.24) is 9.65 Å². The van der Waals surface area contributed by atoms with E-state index in [0.717, 1.165) is 43.4 Å². The highest BCUT2D eigenvalue weighted by Crippen LogP contribution is 2.64. The molecule has 0 saturated carbocycles. The minimum atomic E-state index is -4.38. The second-order valence-corrected chi connectivity index (χ2v) is 11.6. The van der Waals surface area contributed by atoms with Crippen molar-refractivity contribution in [3.8, 4) is 0 Å². The van der Waals surface area contributed by atoms with E-state index in [1.54, 1.807) is 18.5 Å². The van der Waals surface area contributed by atoms with E-state index in [9.17, 15) is 13.2 Å². The monoisotopic (exact) mass is 431 g/mol. The standard InChI is InChI=1S/C20H25F3N3P.ClH/c1-19(2,3)27(26-13-4-5-14-26,18-9-11-24-12-10-18)25-17-8-6-7-16(15-17)20(21,22)23;/h6-12,15H,4-5,13-14H2,1-3H3;1H. The fourth-order valence-corrected chi connectivity index (χ4v) is 8.06. The molecule has 0 N–H and O–H groups in total. The maximum Gasteiger partial charge on any atom is 0.416 e. The summed E-state index contributed by atoms with van der Waals surface area (Å²) in [7, 11) is -2.32. The summed E-state index contributed by atoms with van der Waals surface area (Å²) in [5.41, 5.74) is -0.274. The molecule has 28 heavy (non-hydrogen) atoms. The topological polar surface area (TPSA) is 28.5 Å². The van der Waals surface area contributed by atoms with Crippen LogP contribution in [0.4, 0.5) is 18.9 Å². The molecule has 1 atom stereocenters. The van der Waals surface area contributed by atoms with Gasteiger partial charge in [0, 0.05) is 35.9 Å². The molecule has 2 heterocycles. The number of halogens is 4. The van der Waals surface area contributed by atoms with Gasteiger partial charge in [0.05, 0.1) is 18.5 Å². The number of aromatic nitrogens is 1. The summed E-state index contributed by atoms with van der Waals surface area (Å²) in [6.07, 6.45) is 1.28. The van der Waals surface area contributed by atoms with Crippen LogP contribution in [-0.2, 0) is 6.18 Å². The summed E-state index contributed by atoms with van der Waals surface area (Å²) in [5, 5.41) is 0.830. The fourth-order valence-electron chi connectivity index (χ4n) is 3.70. The molecule has 3 nitrogen and oxygen atoms in total. The van der Waals surface area contributed by atoms with Crippen LogP contribution >= 0.6 is 19.6 Å². The Hall–Kier alpha value is -1.36. The molecule has 0 amide bonds. The molecule has 0 spiro atoms. The number of pyridine rings is 1. The molecule has 3 rings (SSSR count). The molecule has 1 aromatic heterocycles. The summed E-state index contributed by atoms with van der Waals surface area (Å²) < 4.78 is 47.1. The molecule has 1 saturated heterocycles. The normalized spacial score (nSPS) is 17.6. The zero-order valence-corrected chi connectivity index (χ0v) is 18.0. The van der Waals surface area contributed by atoms with Gasteiger partial charge in [0.25, 0.3) is 0 Å². The lowest BCUT2D eigenvalue weighted by atomic mass is 10.2. The molecule has 0 aliphatic carbocycles. The van der Waals surface area contributed by atoms with Gasteiger partial charge in [-0.3, -0.25) is 9.65 Å². The Kier molecular flexibility index (Phi) is 7.01. The molecule has 8 heteroatoms. The third-order valence-corrected chi connectivity index (χ3v) is 9.51. The Labute approximate surface area is 170 Å². The lowest BCUT2D eigenvalue weighted by Gasteiger charge is -2.44. The smallest absolute Gasteiger partial charge is 0.265 e. The van der Waals surface area contributed by atoms with Crippen molar-refractivity contribution in [3.05, 3.63) is 54.4 Å². The maximum atomic E-state index is 13.2. The zero-order chi connectivity index (χ0) is 19.7. The van der Waals surface area contributed by atoms with E-state index in [-0.39, 0.29) is 17.6 Å². The van der Waals surface area contributed by atoms with Crippen molar-refractivity contribution in [3.63, 3.8) is 0 Å². The van der Waals surface area contributed by atoms with Gasteiger partial charge in [0.1, 0.15) is 0 Å². The number of hydrogen-bond acceptors (Lipinski definition) is 2. The van der Waals surface area contributed by atoms with Gasteiger partial charge in [0.15, 0.2) is 0 Å². The van der Waals surface area contributed by atoms with Crippen LogP contribution in [0.2, 0.25) is 0 Å². The quantitative estimate of drug-likeness (QED) is 0.519. The highest BCUT2D eigenvalue weighted by molar-refractivity contribution is 7.73. The minimum absolute atomic E-state index is 0. The van der Waals surface area contributed by atoms with Crippen LogP contribution in [0.15, 0.2) is 53.5 Å². The number of rotatable bonds is 3. The maximum absolute atomic E-state index is 13.2. The second kappa shape index (κ2) is 8.56. The first-order chi connectivity index (χ1) is 12.6.